The molecule has 0 N–H and O–H groups in total. The summed E-state index contributed by atoms with van der Waals surface area (Å²) in [5.74, 6) is 2.68. The quantitative estimate of drug-likeness (QED) is 0.447. The van der Waals surface area contributed by atoms with Crippen LogP contribution in [0.5, 0.6) is 5.75 Å². The molecule has 0 atom stereocenters. The summed E-state index contributed by atoms with van der Waals surface area (Å²) in [5.41, 5.74) is 2.45. The van der Waals surface area contributed by atoms with E-state index in [0.29, 0.717) is 6.54 Å². The minimum Gasteiger partial charge on any atom is -0.497 e. The van der Waals surface area contributed by atoms with Gasteiger partial charge in [-0.3, -0.25) is 0 Å². The van der Waals surface area contributed by atoms with E-state index in [9.17, 15) is 0 Å². The number of ether oxygens (including phenoxy) is 1. The van der Waals surface area contributed by atoms with Gasteiger partial charge in [-0.05, 0) is 23.3 Å². The third-order valence-corrected chi connectivity index (χ3v) is 4.88. The molecule has 4 nitrogen and oxygen atoms in total. The second-order valence-corrected chi connectivity index (χ2v) is 6.54. The van der Waals surface area contributed by atoms with Gasteiger partial charge in [0, 0.05) is 18.7 Å². The summed E-state index contributed by atoms with van der Waals surface area (Å²) in [6.07, 6.45) is 2.62. The number of methoxy groups -OCH3 is 1. The lowest BCUT2D eigenvalue weighted by Gasteiger charge is -2.08. The van der Waals surface area contributed by atoms with Crippen LogP contribution in [0.15, 0.2) is 72.4 Å². The monoisotopic (exact) mass is 351 g/mol. The van der Waals surface area contributed by atoms with Crippen LogP contribution in [0.25, 0.3) is 0 Å². The van der Waals surface area contributed by atoms with Gasteiger partial charge in [0.05, 0.1) is 7.11 Å². The van der Waals surface area contributed by atoms with Crippen LogP contribution in [0.4, 0.5) is 0 Å². The zero-order valence-corrected chi connectivity index (χ0v) is 15.1. The van der Waals surface area contributed by atoms with Crippen molar-refractivity contribution in [2.24, 2.45) is 0 Å². The molecule has 0 saturated carbocycles. The Morgan fingerprint density at radius 1 is 1.04 bits per heavy atom. The SMILES string of the molecule is C=CCn1c(Cc2ccc(OC)cc2)nnc1SCc1ccccc1. The molecular formula is C20H21N3OS. The van der Waals surface area contributed by atoms with Crippen molar-refractivity contribution in [2.45, 2.75) is 23.9 Å². The Morgan fingerprint density at radius 2 is 1.80 bits per heavy atom. The highest BCUT2D eigenvalue weighted by Gasteiger charge is 2.12. The molecule has 0 aliphatic heterocycles. The molecule has 3 rings (SSSR count). The second-order valence-electron chi connectivity index (χ2n) is 5.60. The van der Waals surface area contributed by atoms with Gasteiger partial charge in [-0.15, -0.1) is 16.8 Å². The van der Waals surface area contributed by atoms with Gasteiger partial charge in [-0.1, -0.05) is 60.3 Å². The molecule has 0 aliphatic rings. The Morgan fingerprint density at radius 3 is 2.48 bits per heavy atom. The third kappa shape index (κ3) is 4.51. The van der Waals surface area contributed by atoms with E-state index in [1.165, 1.54) is 11.1 Å². The molecular weight excluding hydrogens is 330 g/mol. The Hall–Kier alpha value is -2.53. The van der Waals surface area contributed by atoms with Crippen molar-refractivity contribution in [1.82, 2.24) is 14.8 Å². The maximum atomic E-state index is 5.21. The number of thioether (sulfide) groups is 1. The molecule has 0 unspecified atom stereocenters. The molecule has 128 valence electrons. The number of allylic oxidation sites excluding steroid dienone is 1. The van der Waals surface area contributed by atoms with Gasteiger partial charge in [-0.25, -0.2) is 0 Å². The first-order chi connectivity index (χ1) is 12.3. The Balaban J connectivity index is 1.75. The number of nitrogens with zero attached hydrogens (tertiary/aromatic N) is 3. The van der Waals surface area contributed by atoms with Crippen molar-refractivity contribution in [1.29, 1.82) is 0 Å². The molecule has 3 aromatic rings. The lowest BCUT2D eigenvalue weighted by Crippen LogP contribution is -2.05. The fourth-order valence-corrected chi connectivity index (χ4v) is 3.44. The normalized spacial score (nSPS) is 10.6. The molecule has 0 fully saturated rings. The van der Waals surface area contributed by atoms with Crippen molar-refractivity contribution >= 4 is 11.8 Å². The van der Waals surface area contributed by atoms with Crippen LogP contribution in [-0.2, 0) is 18.7 Å². The molecule has 0 radical (unpaired) electrons. The number of hydrogen-bond donors (Lipinski definition) is 0. The molecule has 0 bridgehead atoms. The predicted molar refractivity (Wildman–Crippen MR) is 102 cm³/mol. The van der Waals surface area contributed by atoms with Crippen LogP contribution < -0.4 is 4.74 Å². The van der Waals surface area contributed by atoms with Gasteiger partial charge in [0.25, 0.3) is 0 Å². The van der Waals surface area contributed by atoms with Crippen molar-refractivity contribution in [3.63, 3.8) is 0 Å². The van der Waals surface area contributed by atoms with Gasteiger partial charge in [0.15, 0.2) is 5.16 Å². The van der Waals surface area contributed by atoms with Crippen LogP contribution in [0.1, 0.15) is 17.0 Å². The maximum absolute atomic E-state index is 5.21. The standard InChI is InChI=1S/C20H21N3OS/c1-3-13-23-19(14-16-9-11-18(24-2)12-10-16)21-22-20(23)25-15-17-7-5-4-6-8-17/h3-12H,1,13-15H2,2H3. The lowest BCUT2D eigenvalue weighted by molar-refractivity contribution is 0.414. The largest absolute Gasteiger partial charge is 0.497 e. The van der Waals surface area contributed by atoms with Gasteiger partial charge >= 0.3 is 0 Å². The average molecular weight is 351 g/mol. The van der Waals surface area contributed by atoms with E-state index in [4.69, 9.17) is 4.74 Å². The predicted octanol–water partition coefficient (Wildman–Crippen LogP) is 4.36. The van der Waals surface area contributed by atoms with E-state index in [2.05, 4.69) is 57.7 Å². The fourth-order valence-electron chi connectivity index (χ4n) is 2.52. The highest BCUT2D eigenvalue weighted by molar-refractivity contribution is 7.98. The van der Waals surface area contributed by atoms with Crippen LogP contribution in [0, 0.1) is 0 Å². The summed E-state index contributed by atoms with van der Waals surface area (Å²) in [4.78, 5) is 0. The molecule has 5 heteroatoms. The van der Waals surface area contributed by atoms with E-state index >= 15 is 0 Å². The third-order valence-electron chi connectivity index (χ3n) is 3.84. The van der Waals surface area contributed by atoms with E-state index in [1.54, 1.807) is 18.9 Å². The van der Waals surface area contributed by atoms with Crippen LogP contribution in [0.3, 0.4) is 0 Å². The van der Waals surface area contributed by atoms with Crippen LogP contribution in [-0.4, -0.2) is 21.9 Å². The fraction of sp³-hybridized carbons (Fsp3) is 0.200. The molecule has 1 aromatic heterocycles. The number of rotatable bonds is 8. The Kier molecular flexibility index (Phi) is 5.90. The smallest absolute Gasteiger partial charge is 0.191 e. The first kappa shape index (κ1) is 17.3. The Labute approximate surface area is 152 Å². The second kappa shape index (κ2) is 8.53. The highest BCUT2D eigenvalue weighted by atomic mass is 32.2. The minimum atomic E-state index is 0.704. The summed E-state index contributed by atoms with van der Waals surface area (Å²) in [5, 5.41) is 9.70. The molecule has 0 aliphatic carbocycles. The maximum Gasteiger partial charge on any atom is 0.191 e. The van der Waals surface area contributed by atoms with E-state index in [-0.39, 0.29) is 0 Å². The first-order valence-corrected chi connectivity index (χ1v) is 9.11. The number of hydrogen-bond acceptors (Lipinski definition) is 4. The van der Waals surface area contributed by atoms with Crippen LogP contribution in [0.2, 0.25) is 0 Å². The molecule has 0 spiro atoms. The summed E-state index contributed by atoms with van der Waals surface area (Å²) in [7, 11) is 1.67. The molecule has 2 aromatic carbocycles. The van der Waals surface area contributed by atoms with Crippen molar-refractivity contribution in [3.05, 3.63) is 84.2 Å². The van der Waals surface area contributed by atoms with Gasteiger partial charge < -0.3 is 9.30 Å². The minimum absolute atomic E-state index is 0.704. The van der Waals surface area contributed by atoms with Crippen molar-refractivity contribution in [3.8, 4) is 5.75 Å². The van der Waals surface area contributed by atoms with Gasteiger partial charge in [-0.2, -0.15) is 0 Å². The summed E-state index contributed by atoms with van der Waals surface area (Å²) < 4.78 is 7.34. The molecule has 1 heterocycles. The lowest BCUT2D eigenvalue weighted by atomic mass is 10.1. The summed E-state index contributed by atoms with van der Waals surface area (Å²) >= 11 is 1.70. The first-order valence-electron chi connectivity index (χ1n) is 8.13. The van der Waals surface area contributed by atoms with Gasteiger partial charge in [0.2, 0.25) is 0 Å². The van der Waals surface area contributed by atoms with Crippen molar-refractivity contribution in [2.75, 3.05) is 7.11 Å². The molecule has 0 saturated heterocycles. The van der Waals surface area contributed by atoms with E-state index < -0.39 is 0 Å². The average Bonchev–Trinajstić information content (AvgIpc) is 3.03. The zero-order valence-electron chi connectivity index (χ0n) is 14.3. The summed E-state index contributed by atoms with van der Waals surface area (Å²) in [6, 6.07) is 18.4. The van der Waals surface area contributed by atoms with E-state index in [0.717, 1.165) is 28.9 Å². The molecule has 0 amide bonds. The molecule has 25 heavy (non-hydrogen) atoms. The number of benzene rings is 2. The van der Waals surface area contributed by atoms with Gasteiger partial charge in [0.1, 0.15) is 11.6 Å². The Bertz CT molecular complexity index is 813. The topological polar surface area (TPSA) is 39.9 Å². The van der Waals surface area contributed by atoms with Crippen LogP contribution >= 0.6 is 11.8 Å². The number of aromatic nitrogens is 3. The highest BCUT2D eigenvalue weighted by Crippen LogP contribution is 2.23. The van der Waals surface area contributed by atoms with Crippen molar-refractivity contribution < 1.29 is 4.74 Å². The zero-order chi connectivity index (χ0) is 17.5. The van der Waals surface area contributed by atoms with E-state index in [1.807, 2.05) is 24.3 Å². The summed E-state index contributed by atoms with van der Waals surface area (Å²) in [6.45, 7) is 4.57.